The van der Waals surface area contributed by atoms with Crippen LogP contribution in [0.15, 0.2) is 42.5 Å². The first-order valence-corrected chi connectivity index (χ1v) is 7.60. The van der Waals surface area contributed by atoms with Crippen LogP contribution in [0.2, 0.25) is 0 Å². The lowest BCUT2D eigenvalue weighted by atomic mass is 9.72. The van der Waals surface area contributed by atoms with Crippen LogP contribution in [0.1, 0.15) is 29.5 Å². The molecule has 0 radical (unpaired) electrons. The number of aryl methyl sites for hydroxylation is 1. The average molecular weight is 263 g/mol. The van der Waals surface area contributed by atoms with E-state index in [2.05, 4.69) is 61.3 Å². The minimum atomic E-state index is 0.227. The Hall–Kier alpha value is -1.60. The molecule has 2 aromatic rings. The van der Waals surface area contributed by atoms with Gasteiger partial charge in [0.25, 0.3) is 0 Å². The fourth-order valence-electron chi connectivity index (χ4n) is 4.28. The van der Waals surface area contributed by atoms with Gasteiger partial charge in [-0.25, -0.2) is 0 Å². The Bertz CT molecular complexity index is 673. The molecule has 1 unspecified atom stereocenters. The summed E-state index contributed by atoms with van der Waals surface area (Å²) in [5, 5.41) is 0. The highest BCUT2D eigenvalue weighted by molar-refractivity contribution is 5.81. The van der Waals surface area contributed by atoms with Crippen molar-refractivity contribution in [1.82, 2.24) is 4.90 Å². The second-order valence-electron chi connectivity index (χ2n) is 6.52. The van der Waals surface area contributed by atoms with Crippen molar-refractivity contribution in [3.63, 3.8) is 0 Å². The smallest absolute Gasteiger partial charge is 0.0342 e. The van der Waals surface area contributed by atoms with Crippen molar-refractivity contribution in [3.8, 4) is 11.1 Å². The molecule has 102 valence electrons. The summed E-state index contributed by atoms with van der Waals surface area (Å²) >= 11 is 0. The Morgan fingerprint density at radius 2 is 1.80 bits per heavy atom. The number of piperidine rings is 1. The summed E-state index contributed by atoms with van der Waals surface area (Å²) in [6, 6.07) is 16.0. The lowest BCUT2D eigenvalue weighted by Crippen LogP contribution is -2.43. The molecule has 0 saturated carbocycles. The van der Waals surface area contributed by atoms with E-state index in [1.54, 1.807) is 11.1 Å². The molecule has 1 nitrogen and oxygen atoms in total. The fourth-order valence-corrected chi connectivity index (χ4v) is 4.28. The molecule has 1 spiro atoms. The molecule has 2 aliphatic rings. The van der Waals surface area contributed by atoms with E-state index in [1.165, 1.54) is 36.1 Å². The number of rotatable bonds is 0. The Balaban J connectivity index is 2.01. The molecule has 20 heavy (non-hydrogen) atoms. The van der Waals surface area contributed by atoms with Gasteiger partial charge in [0.1, 0.15) is 0 Å². The summed E-state index contributed by atoms with van der Waals surface area (Å²) in [6.45, 7) is 4.59. The normalized spacial score (nSPS) is 24.7. The van der Waals surface area contributed by atoms with Crippen LogP contribution in [-0.2, 0) is 5.41 Å². The summed E-state index contributed by atoms with van der Waals surface area (Å²) in [6.07, 6.45) is 2.57. The molecular weight excluding hydrogens is 242 g/mol. The third kappa shape index (κ3) is 1.53. The Kier molecular flexibility index (Phi) is 2.55. The quantitative estimate of drug-likeness (QED) is 0.694. The Labute approximate surface area is 121 Å². The second kappa shape index (κ2) is 4.20. The second-order valence-corrected chi connectivity index (χ2v) is 6.52. The van der Waals surface area contributed by atoms with E-state index in [4.69, 9.17) is 0 Å². The van der Waals surface area contributed by atoms with Crippen LogP contribution in [0.3, 0.4) is 0 Å². The standard InChI is InChI=1S/C19H21N/c1-14-8-9-16-15-6-3-4-7-17(15)19(18(16)12-14)10-5-11-20(2)13-19/h3-4,6-9,12H,5,10-11,13H2,1-2H3. The Morgan fingerprint density at radius 1 is 1.00 bits per heavy atom. The van der Waals surface area contributed by atoms with Crippen molar-refractivity contribution in [3.05, 3.63) is 59.2 Å². The molecule has 1 heterocycles. The van der Waals surface area contributed by atoms with Gasteiger partial charge in [0.2, 0.25) is 0 Å². The average Bonchev–Trinajstić information content (AvgIpc) is 2.70. The minimum absolute atomic E-state index is 0.227. The first kappa shape index (κ1) is 12.2. The molecule has 1 aliphatic heterocycles. The maximum atomic E-state index is 2.50. The number of nitrogens with zero attached hydrogens (tertiary/aromatic N) is 1. The van der Waals surface area contributed by atoms with Gasteiger partial charge in [0.15, 0.2) is 0 Å². The zero-order chi connectivity index (χ0) is 13.7. The van der Waals surface area contributed by atoms with Gasteiger partial charge in [0.05, 0.1) is 0 Å². The molecule has 2 aromatic carbocycles. The van der Waals surface area contributed by atoms with Crippen molar-refractivity contribution >= 4 is 0 Å². The molecule has 0 amide bonds. The van der Waals surface area contributed by atoms with E-state index in [1.807, 2.05) is 0 Å². The van der Waals surface area contributed by atoms with Crippen LogP contribution in [0, 0.1) is 6.92 Å². The highest BCUT2D eigenvalue weighted by atomic mass is 15.1. The summed E-state index contributed by atoms with van der Waals surface area (Å²) in [4.78, 5) is 2.50. The van der Waals surface area contributed by atoms with E-state index in [0.717, 1.165) is 6.54 Å². The van der Waals surface area contributed by atoms with E-state index < -0.39 is 0 Å². The SMILES string of the molecule is Cc1ccc2c(c1)C1(CCCN(C)C1)c1ccccc1-2. The van der Waals surface area contributed by atoms with Gasteiger partial charge in [-0.3, -0.25) is 0 Å². The van der Waals surface area contributed by atoms with Gasteiger partial charge in [-0.1, -0.05) is 48.0 Å². The van der Waals surface area contributed by atoms with Crippen LogP contribution in [-0.4, -0.2) is 25.0 Å². The lowest BCUT2D eigenvalue weighted by molar-refractivity contribution is 0.205. The first-order chi connectivity index (χ1) is 9.71. The number of fused-ring (bicyclic) bond motifs is 5. The van der Waals surface area contributed by atoms with Crippen LogP contribution in [0.5, 0.6) is 0 Å². The predicted octanol–water partition coefficient (Wildman–Crippen LogP) is 3.99. The topological polar surface area (TPSA) is 3.24 Å². The summed E-state index contributed by atoms with van der Waals surface area (Å²) < 4.78 is 0. The molecule has 4 rings (SSSR count). The summed E-state index contributed by atoms with van der Waals surface area (Å²) in [5.41, 5.74) is 7.63. The van der Waals surface area contributed by atoms with E-state index in [9.17, 15) is 0 Å². The predicted molar refractivity (Wildman–Crippen MR) is 84.1 cm³/mol. The minimum Gasteiger partial charge on any atom is -0.305 e. The van der Waals surface area contributed by atoms with Gasteiger partial charge in [0, 0.05) is 12.0 Å². The number of likely N-dealkylation sites (tertiary alicyclic amines) is 1. The third-order valence-corrected chi connectivity index (χ3v) is 5.11. The number of hydrogen-bond donors (Lipinski definition) is 0. The summed E-state index contributed by atoms with van der Waals surface area (Å²) in [5.74, 6) is 0. The number of likely N-dealkylation sites (N-methyl/N-ethyl adjacent to an activating group) is 1. The Morgan fingerprint density at radius 3 is 2.65 bits per heavy atom. The van der Waals surface area contributed by atoms with Gasteiger partial charge < -0.3 is 4.90 Å². The third-order valence-electron chi connectivity index (χ3n) is 5.11. The molecule has 0 N–H and O–H groups in total. The molecule has 0 bridgehead atoms. The first-order valence-electron chi connectivity index (χ1n) is 7.60. The number of hydrogen-bond acceptors (Lipinski definition) is 1. The molecule has 1 aliphatic carbocycles. The van der Waals surface area contributed by atoms with Crippen LogP contribution < -0.4 is 0 Å². The molecule has 0 aromatic heterocycles. The number of benzene rings is 2. The zero-order valence-electron chi connectivity index (χ0n) is 12.3. The lowest BCUT2D eigenvalue weighted by Gasteiger charge is -2.40. The molecule has 1 heteroatoms. The molecular formula is C19H21N. The van der Waals surface area contributed by atoms with E-state index in [0.29, 0.717) is 0 Å². The molecule has 1 saturated heterocycles. The van der Waals surface area contributed by atoms with Crippen LogP contribution in [0.4, 0.5) is 0 Å². The van der Waals surface area contributed by atoms with Crippen molar-refractivity contribution < 1.29 is 0 Å². The van der Waals surface area contributed by atoms with Gasteiger partial charge in [-0.15, -0.1) is 0 Å². The fraction of sp³-hybridized carbons (Fsp3) is 0.368. The van der Waals surface area contributed by atoms with Gasteiger partial charge >= 0.3 is 0 Å². The monoisotopic (exact) mass is 263 g/mol. The zero-order valence-corrected chi connectivity index (χ0v) is 12.3. The maximum absolute atomic E-state index is 2.50. The molecule has 1 fully saturated rings. The van der Waals surface area contributed by atoms with E-state index in [-0.39, 0.29) is 5.41 Å². The van der Waals surface area contributed by atoms with Crippen molar-refractivity contribution in [2.45, 2.75) is 25.2 Å². The van der Waals surface area contributed by atoms with Gasteiger partial charge in [-0.05, 0) is 55.6 Å². The summed E-state index contributed by atoms with van der Waals surface area (Å²) in [7, 11) is 2.26. The van der Waals surface area contributed by atoms with Crippen LogP contribution in [0.25, 0.3) is 11.1 Å². The van der Waals surface area contributed by atoms with Gasteiger partial charge in [-0.2, -0.15) is 0 Å². The van der Waals surface area contributed by atoms with E-state index >= 15 is 0 Å². The van der Waals surface area contributed by atoms with Crippen molar-refractivity contribution in [2.24, 2.45) is 0 Å². The highest BCUT2D eigenvalue weighted by Gasteiger charge is 2.44. The van der Waals surface area contributed by atoms with Crippen LogP contribution >= 0.6 is 0 Å². The van der Waals surface area contributed by atoms with Crippen molar-refractivity contribution in [1.29, 1.82) is 0 Å². The largest absolute Gasteiger partial charge is 0.305 e. The highest BCUT2D eigenvalue weighted by Crippen LogP contribution is 2.52. The molecule has 1 atom stereocenters. The van der Waals surface area contributed by atoms with Crippen molar-refractivity contribution in [2.75, 3.05) is 20.1 Å². The maximum Gasteiger partial charge on any atom is 0.0342 e.